The maximum absolute atomic E-state index is 6.86. The molecule has 0 fully saturated rings. The molecule has 0 amide bonds. The highest BCUT2D eigenvalue weighted by Gasteiger charge is 2.56. The van der Waals surface area contributed by atoms with Gasteiger partial charge in [0, 0.05) is 10.8 Å². The van der Waals surface area contributed by atoms with E-state index in [0.717, 1.165) is 11.1 Å². The van der Waals surface area contributed by atoms with Gasteiger partial charge < -0.3 is 16.8 Å². The Morgan fingerprint density at radius 2 is 0.909 bits per heavy atom. The minimum atomic E-state index is -3.47. The molecule has 0 aliphatic heterocycles. The van der Waals surface area contributed by atoms with Crippen molar-refractivity contribution in [2.75, 3.05) is 0 Å². The van der Waals surface area contributed by atoms with Crippen LogP contribution in [-0.2, 0) is 12.3 Å². The van der Waals surface area contributed by atoms with Crippen LogP contribution >= 0.6 is 0 Å². The molecule has 0 aromatic heterocycles. The zero-order valence-electron chi connectivity index (χ0n) is 21.3. The minimum Gasteiger partial charge on any atom is -0.481 e. The Kier molecular flexibility index (Phi) is 6.18. The van der Waals surface area contributed by atoms with Crippen LogP contribution in [0.25, 0.3) is 32.3 Å². The lowest BCUT2D eigenvalue weighted by Crippen LogP contribution is -2.64. The van der Waals surface area contributed by atoms with Gasteiger partial charge in [-0.2, -0.15) is 0 Å². The molecule has 4 nitrogen and oxygen atoms in total. The monoisotopic (exact) mass is 512 g/mol. The van der Waals surface area contributed by atoms with E-state index in [1.807, 2.05) is 0 Å². The van der Waals surface area contributed by atoms with Gasteiger partial charge >= 0.3 is 9.05 Å². The summed E-state index contributed by atoms with van der Waals surface area (Å²) in [7, 11) is -9.61. The van der Waals surface area contributed by atoms with Crippen molar-refractivity contribution in [3.63, 3.8) is 0 Å². The summed E-state index contributed by atoms with van der Waals surface area (Å²) in [4.78, 5) is 0. The normalized spacial score (nSPS) is 14.0. The summed E-state index contributed by atoms with van der Waals surface area (Å²) in [6.45, 7) is 19.5. The van der Waals surface area contributed by atoms with Crippen molar-refractivity contribution < 1.29 is 16.8 Å². The standard InChI is InChI=1S/C25H36O4Si4/c1-30(2,3)27-33(28-31(4,5)6,29-32(7,8)9)26-23-18-16-21-14-13-19-11-10-12-20-15-17-22(23)25(21)24(19)20/h10-18H,1-9H3. The van der Waals surface area contributed by atoms with Crippen LogP contribution in [0.3, 0.4) is 0 Å². The van der Waals surface area contributed by atoms with Crippen molar-refractivity contribution in [1.82, 2.24) is 0 Å². The summed E-state index contributed by atoms with van der Waals surface area (Å²) in [5, 5.41) is 7.25. The molecule has 0 bridgehead atoms. The van der Waals surface area contributed by atoms with E-state index in [1.165, 1.54) is 26.9 Å². The van der Waals surface area contributed by atoms with Gasteiger partial charge in [-0.05, 0) is 86.5 Å². The number of benzene rings is 4. The third kappa shape index (κ3) is 5.59. The Labute approximate surface area is 202 Å². The summed E-state index contributed by atoms with van der Waals surface area (Å²) in [6, 6.07) is 19.4. The van der Waals surface area contributed by atoms with Crippen LogP contribution in [0.15, 0.2) is 54.6 Å². The van der Waals surface area contributed by atoms with Crippen LogP contribution in [0.5, 0.6) is 5.75 Å². The van der Waals surface area contributed by atoms with Gasteiger partial charge in [0.15, 0.2) is 25.0 Å². The quantitative estimate of drug-likeness (QED) is 0.177. The van der Waals surface area contributed by atoms with Crippen LogP contribution in [0.2, 0.25) is 58.9 Å². The third-order valence-electron chi connectivity index (χ3n) is 5.02. The molecule has 4 aromatic rings. The first kappa shape index (κ1) is 24.6. The predicted octanol–water partition coefficient (Wildman–Crippen LogP) is 7.95. The molecule has 0 saturated heterocycles. The molecule has 33 heavy (non-hydrogen) atoms. The fourth-order valence-corrected chi connectivity index (χ4v) is 15.8. The SMILES string of the molecule is C[Si](C)(C)O[Si](Oc1ccc2ccc3cccc4ccc1c2c34)(O[Si](C)(C)C)O[Si](C)(C)C. The molecule has 0 aliphatic carbocycles. The highest BCUT2D eigenvalue weighted by Crippen LogP contribution is 2.40. The topological polar surface area (TPSA) is 36.9 Å². The van der Waals surface area contributed by atoms with Gasteiger partial charge in [-0.1, -0.05) is 48.5 Å². The summed E-state index contributed by atoms with van der Waals surface area (Å²) in [6.07, 6.45) is 0. The molecule has 8 heteroatoms. The fourth-order valence-electron chi connectivity index (χ4n) is 4.18. The molecular weight excluding hydrogens is 477 g/mol. The highest BCUT2D eigenvalue weighted by atomic mass is 28.5. The predicted molar refractivity (Wildman–Crippen MR) is 150 cm³/mol. The Bertz CT molecular complexity index is 1230. The minimum absolute atomic E-state index is 0.780. The lowest BCUT2D eigenvalue weighted by atomic mass is 9.94. The molecule has 0 atom stereocenters. The van der Waals surface area contributed by atoms with E-state index in [4.69, 9.17) is 16.8 Å². The van der Waals surface area contributed by atoms with Crippen molar-refractivity contribution in [3.05, 3.63) is 54.6 Å². The molecule has 0 unspecified atom stereocenters. The first-order valence-corrected chi connectivity index (χ1v) is 23.5. The van der Waals surface area contributed by atoms with E-state index >= 15 is 0 Å². The number of hydrogen-bond donors (Lipinski definition) is 0. The van der Waals surface area contributed by atoms with E-state index < -0.39 is 34.0 Å². The van der Waals surface area contributed by atoms with Gasteiger partial charge in [0.2, 0.25) is 0 Å². The summed E-state index contributed by atoms with van der Waals surface area (Å²) in [5.74, 6) is 0.780. The molecule has 0 N–H and O–H groups in total. The molecule has 0 saturated carbocycles. The van der Waals surface area contributed by atoms with Gasteiger partial charge in [0.1, 0.15) is 5.75 Å². The first-order valence-electron chi connectivity index (χ1n) is 11.6. The fraction of sp³-hybridized carbons (Fsp3) is 0.360. The third-order valence-corrected chi connectivity index (χ3v) is 15.8. The Morgan fingerprint density at radius 1 is 0.485 bits per heavy atom. The smallest absolute Gasteiger partial charge is 0.481 e. The molecule has 4 aromatic carbocycles. The first-order chi connectivity index (χ1) is 15.1. The average Bonchev–Trinajstić information content (AvgIpc) is 2.62. The van der Waals surface area contributed by atoms with Crippen LogP contribution in [0.4, 0.5) is 0 Å². The molecular formula is C25H36O4Si4. The van der Waals surface area contributed by atoms with Crippen molar-refractivity contribution in [2.45, 2.75) is 58.9 Å². The van der Waals surface area contributed by atoms with Gasteiger partial charge in [-0.25, -0.2) is 0 Å². The van der Waals surface area contributed by atoms with Gasteiger partial charge in [0.05, 0.1) is 0 Å². The van der Waals surface area contributed by atoms with E-state index in [1.54, 1.807) is 0 Å². The van der Waals surface area contributed by atoms with E-state index in [0.29, 0.717) is 0 Å². The lowest BCUT2D eigenvalue weighted by Gasteiger charge is -2.40. The molecule has 4 rings (SSSR count). The van der Waals surface area contributed by atoms with E-state index in [-0.39, 0.29) is 0 Å². The maximum Gasteiger partial charge on any atom is 0.717 e. The van der Waals surface area contributed by atoms with Crippen molar-refractivity contribution >= 4 is 66.3 Å². The van der Waals surface area contributed by atoms with E-state index in [9.17, 15) is 0 Å². The van der Waals surface area contributed by atoms with Crippen molar-refractivity contribution in [3.8, 4) is 5.75 Å². The second-order valence-corrected chi connectivity index (χ2v) is 28.0. The number of hydrogen-bond acceptors (Lipinski definition) is 4. The van der Waals surface area contributed by atoms with Crippen LogP contribution < -0.4 is 4.43 Å². The van der Waals surface area contributed by atoms with Crippen LogP contribution in [0, 0.1) is 0 Å². The highest BCUT2D eigenvalue weighted by molar-refractivity contribution is 6.88. The molecule has 0 aliphatic rings. The maximum atomic E-state index is 6.86. The van der Waals surface area contributed by atoms with Gasteiger partial charge in [-0.3, -0.25) is 0 Å². The second-order valence-electron chi connectivity index (χ2n) is 11.7. The van der Waals surface area contributed by atoms with Crippen LogP contribution in [0.1, 0.15) is 0 Å². The lowest BCUT2D eigenvalue weighted by molar-refractivity contribution is 0.153. The van der Waals surface area contributed by atoms with Crippen molar-refractivity contribution in [2.24, 2.45) is 0 Å². The molecule has 0 radical (unpaired) electrons. The second kappa shape index (κ2) is 8.30. The van der Waals surface area contributed by atoms with Gasteiger partial charge in [-0.15, -0.1) is 0 Å². The average molecular weight is 513 g/mol. The van der Waals surface area contributed by atoms with Gasteiger partial charge in [0.25, 0.3) is 0 Å². The zero-order chi connectivity index (χ0) is 24.2. The largest absolute Gasteiger partial charge is 0.717 e. The van der Waals surface area contributed by atoms with E-state index in [2.05, 4.69) is 114 Å². The molecule has 0 heterocycles. The van der Waals surface area contributed by atoms with Crippen molar-refractivity contribution in [1.29, 1.82) is 0 Å². The summed E-state index contributed by atoms with van der Waals surface area (Å²) in [5.41, 5.74) is 0. The molecule has 0 spiro atoms. The molecule has 176 valence electrons. The Hall–Kier alpha value is -1.53. The zero-order valence-corrected chi connectivity index (χ0v) is 25.3. The Morgan fingerprint density at radius 3 is 1.39 bits per heavy atom. The Balaban J connectivity index is 1.93. The summed E-state index contributed by atoms with van der Waals surface area (Å²) >= 11 is 0. The van der Waals surface area contributed by atoms with Crippen LogP contribution in [-0.4, -0.2) is 34.0 Å². The number of rotatable bonds is 8. The summed E-state index contributed by atoms with van der Waals surface area (Å²) < 4.78 is 27.1.